The minimum absolute atomic E-state index is 0.0998. The van der Waals surface area contributed by atoms with Crippen LogP contribution in [0.2, 0.25) is 5.02 Å². The summed E-state index contributed by atoms with van der Waals surface area (Å²) in [5.74, 6) is 0.187. The summed E-state index contributed by atoms with van der Waals surface area (Å²) in [6, 6.07) is 14.8. The van der Waals surface area contributed by atoms with Gasteiger partial charge in [-0.15, -0.1) is 0 Å². The van der Waals surface area contributed by atoms with Crippen LogP contribution in [0.3, 0.4) is 0 Å². The van der Waals surface area contributed by atoms with E-state index in [0.29, 0.717) is 16.3 Å². The van der Waals surface area contributed by atoms with Gasteiger partial charge in [-0.05, 0) is 23.8 Å². The van der Waals surface area contributed by atoms with Gasteiger partial charge in [0, 0.05) is 17.2 Å². The highest BCUT2D eigenvalue weighted by atomic mass is 35.5. The molecule has 5 heteroatoms. The zero-order valence-electron chi connectivity index (χ0n) is 12.4. The molecule has 1 unspecified atom stereocenters. The maximum Gasteiger partial charge on any atom is 0.275 e. The predicted octanol–water partition coefficient (Wildman–Crippen LogP) is 3.87. The molecule has 4 nitrogen and oxygen atoms in total. The minimum Gasteiger partial charge on any atom is -0.496 e. The molecule has 2 rings (SSSR count). The number of halogens is 1. The monoisotopic (exact) mass is 316 g/mol. The molecule has 0 aromatic heterocycles. The summed E-state index contributed by atoms with van der Waals surface area (Å²) >= 11 is 5.91. The summed E-state index contributed by atoms with van der Waals surface area (Å²) in [6.45, 7) is 2.00. The molecule has 0 aliphatic rings. The van der Waals surface area contributed by atoms with Crippen molar-refractivity contribution in [3.63, 3.8) is 0 Å². The first-order chi connectivity index (χ1) is 10.6. The van der Waals surface area contributed by atoms with Crippen LogP contribution in [0.5, 0.6) is 5.75 Å². The van der Waals surface area contributed by atoms with Gasteiger partial charge >= 0.3 is 0 Å². The van der Waals surface area contributed by atoms with E-state index in [1.165, 1.54) is 7.11 Å². The number of carbonyl (C=O) groups is 1. The Morgan fingerprint density at radius 2 is 2.00 bits per heavy atom. The largest absolute Gasteiger partial charge is 0.496 e. The number of ether oxygens (including phenoxy) is 1. The molecule has 1 amide bonds. The van der Waals surface area contributed by atoms with Gasteiger partial charge in [0.15, 0.2) is 0 Å². The van der Waals surface area contributed by atoms with Gasteiger partial charge in [0.05, 0.1) is 12.7 Å². The first-order valence-electron chi connectivity index (χ1n) is 6.84. The number of hydrazone groups is 1. The van der Waals surface area contributed by atoms with Gasteiger partial charge in [-0.1, -0.05) is 48.9 Å². The smallest absolute Gasteiger partial charge is 0.275 e. The van der Waals surface area contributed by atoms with Gasteiger partial charge < -0.3 is 4.74 Å². The van der Waals surface area contributed by atoms with Crippen molar-refractivity contribution in [3.05, 3.63) is 64.7 Å². The third-order valence-corrected chi connectivity index (χ3v) is 3.43. The lowest BCUT2D eigenvalue weighted by Gasteiger charge is -2.08. The highest BCUT2D eigenvalue weighted by molar-refractivity contribution is 6.31. The molecule has 2 aromatic rings. The lowest BCUT2D eigenvalue weighted by atomic mass is 10.0. The van der Waals surface area contributed by atoms with E-state index < -0.39 is 0 Å². The first kappa shape index (κ1) is 16.0. The van der Waals surface area contributed by atoms with E-state index in [1.54, 1.807) is 24.4 Å². The number of hydrogen-bond donors (Lipinski definition) is 1. The van der Waals surface area contributed by atoms with Crippen molar-refractivity contribution in [2.75, 3.05) is 7.11 Å². The van der Waals surface area contributed by atoms with E-state index in [2.05, 4.69) is 10.5 Å². The molecule has 1 atom stereocenters. The van der Waals surface area contributed by atoms with Gasteiger partial charge in [-0.2, -0.15) is 5.10 Å². The Kier molecular flexibility index (Phi) is 5.55. The third-order valence-electron chi connectivity index (χ3n) is 3.20. The second kappa shape index (κ2) is 7.61. The summed E-state index contributed by atoms with van der Waals surface area (Å²) in [7, 11) is 1.50. The van der Waals surface area contributed by atoms with Crippen LogP contribution in [0.25, 0.3) is 0 Å². The molecular formula is C17H17ClN2O2. The molecule has 0 fully saturated rings. The fraction of sp³-hybridized carbons (Fsp3) is 0.176. The lowest BCUT2D eigenvalue weighted by molar-refractivity contribution is 0.0952. The van der Waals surface area contributed by atoms with Gasteiger partial charge in [0.1, 0.15) is 5.75 Å². The van der Waals surface area contributed by atoms with E-state index >= 15 is 0 Å². The van der Waals surface area contributed by atoms with Crippen LogP contribution in [0.4, 0.5) is 0 Å². The van der Waals surface area contributed by atoms with Crippen molar-refractivity contribution in [2.24, 2.45) is 5.10 Å². The molecule has 114 valence electrons. The number of rotatable bonds is 5. The molecule has 0 spiro atoms. The second-order valence-electron chi connectivity index (χ2n) is 4.76. The molecule has 0 saturated heterocycles. The average molecular weight is 317 g/mol. The summed E-state index contributed by atoms with van der Waals surface area (Å²) in [5.41, 5.74) is 3.97. The zero-order chi connectivity index (χ0) is 15.9. The van der Waals surface area contributed by atoms with Crippen molar-refractivity contribution < 1.29 is 9.53 Å². The van der Waals surface area contributed by atoms with Crippen molar-refractivity contribution in [1.29, 1.82) is 0 Å². The molecule has 0 aliphatic carbocycles. The number of amides is 1. The standard InChI is InChI=1S/C17H17ClN2O2/c1-12(13-6-4-3-5-7-13)11-19-20-17(21)15-10-14(18)8-9-16(15)22-2/h3-12H,1-2H3,(H,20,21)/b19-11+. The van der Waals surface area contributed by atoms with E-state index in [0.717, 1.165) is 5.56 Å². The highest BCUT2D eigenvalue weighted by Crippen LogP contribution is 2.22. The number of nitrogens with one attached hydrogen (secondary N) is 1. The van der Waals surface area contributed by atoms with Gasteiger partial charge in [-0.3, -0.25) is 4.79 Å². The van der Waals surface area contributed by atoms with Gasteiger partial charge in [0.2, 0.25) is 0 Å². The summed E-state index contributed by atoms with van der Waals surface area (Å²) in [5, 5.41) is 4.47. The molecular weight excluding hydrogens is 300 g/mol. The Morgan fingerprint density at radius 3 is 2.68 bits per heavy atom. The van der Waals surface area contributed by atoms with E-state index in [9.17, 15) is 4.79 Å². The minimum atomic E-state index is -0.365. The van der Waals surface area contributed by atoms with Gasteiger partial charge in [0.25, 0.3) is 5.91 Å². The van der Waals surface area contributed by atoms with Crippen LogP contribution >= 0.6 is 11.6 Å². The maximum atomic E-state index is 12.1. The number of hydrogen-bond acceptors (Lipinski definition) is 3. The number of methoxy groups -OCH3 is 1. The van der Waals surface area contributed by atoms with Crippen LogP contribution in [0.15, 0.2) is 53.6 Å². The maximum absolute atomic E-state index is 12.1. The van der Waals surface area contributed by atoms with Crippen LogP contribution < -0.4 is 10.2 Å². The Balaban J connectivity index is 2.04. The summed E-state index contributed by atoms with van der Waals surface area (Å²) in [6.07, 6.45) is 1.68. The van der Waals surface area contributed by atoms with Crippen LogP contribution in [-0.2, 0) is 0 Å². The lowest BCUT2D eigenvalue weighted by Crippen LogP contribution is -2.19. The number of benzene rings is 2. The molecule has 0 bridgehead atoms. The van der Waals surface area contributed by atoms with E-state index in [1.807, 2.05) is 37.3 Å². The number of nitrogens with zero attached hydrogens (tertiary/aromatic N) is 1. The second-order valence-corrected chi connectivity index (χ2v) is 5.20. The molecule has 0 saturated carbocycles. The van der Waals surface area contributed by atoms with E-state index in [4.69, 9.17) is 16.3 Å². The quantitative estimate of drug-likeness (QED) is 0.672. The zero-order valence-corrected chi connectivity index (χ0v) is 13.2. The fourth-order valence-corrected chi connectivity index (χ4v) is 2.14. The Morgan fingerprint density at radius 1 is 1.27 bits per heavy atom. The normalized spacial score (nSPS) is 12.1. The first-order valence-corrected chi connectivity index (χ1v) is 7.21. The summed E-state index contributed by atoms with van der Waals surface area (Å²) in [4.78, 5) is 12.1. The molecule has 0 radical (unpaired) electrons. The van der Waals surface area contributed by atoms with Crippen molar-refractivity contribution in [2.45, 2.75) is 12.8 Å². The number of carbonyl (C=O) groups excluding carboxylic acids is 1. The molecule has 0 aliphatic heterocycles. The van der Waals surface area contributed by atoms with Gasteiger partial charge in [-0.25, -0.2) is 5.43 Å². The molecule has 0 heterocycles. The third kappa shape index (κ3) is 4.09. The highest BCUT2D eigenvalue weighted by Gasteiger charge is 2.12. The summed E-state index contributed by atoms with van der Waals surface area (Å²) < 4.78 is 5.15. The molecule has 22 heavy (non-hydrogen) atoms. The Labute approximate surface area is 134 Å². The Hall–Kier alpha value is -2.33. The van der Waals surface area contributed by atoms with Crippen molar-refractivity contribution in [1.82, 2.24) is 5.43 Å². The van der Waals surface area contributed by atoms with Crippen molar-refractivity contribution >= 4 is 23.7 Å². The van der Waals surface area contributed by atoms with E-state index in [-0.39, 0.29) is 11.8 Å². The van der Waals surface area contributed by atoms with Crippen LogP contribution in [-0.4, -0.2) is 19.2 Å². The van der Waals surface area contributed by atoms with Crippen LogP contribution in [0.1, 0.15) is 28.8 Å². The van der Waals surface area contributed by atoms with Crippen molar-refractivity contribution in [3.8, 4) is 5.75 Å². The average Bonchev–Trinajstić information content (AvgIpc) is 2.55. The molecule has 1 N–H and O–H groups in total. The fourth-order valence-electron chi connectivity index (χ4n) is 1.97. The predicted molar refractivity (Wildman–Crippen MR) is 88.8 cm³/mol. The topological polar surface area (TPSA) is 50.7 Å². The Bertz CT molecular complexity index is 672. The SMILES string of the molecule is COc1ccc(Cl)cc1C(=O)N/N=C/C(C)c1ccccc1. The van der Waals surface area contributed by atoms with Crippen LogP contribution in [0, 0.1) is 0 Å². The molecule has 2 aromatic carbocycles.